The summed E-state index contributed by atoms with van der Waals surface area (Å²) in [5.41, 5.74) is 0.953. The van der Waals surface area contributed by atoms with E-state index in [1.807, 2.05) is 19.0 Å². The van der Waals surface area contributed by atoms with Crippen molar-refractivity contribution >= 4 is 6.01 Å². The number of aromatic nitrogens is 1. The standard InChI is InChI=1S/C10H19N3O/c1-8(2)5-11-6-9-7-14-10(12-9)13(3)4/h7-8,11H,5-6H2,1-4H3. The second-order valence-corrected chi connectivity index (χ2v) is 4.04. The van der Waals surface area contributed by atoms with Gasteiger partial charge in [-0.05, 0) is 12.5 Å². The van der Waals surface area contributed by atoms with E-state index in [4.69, 9.17) is 4.42 Å². The van der Waals surface area contributed by atoms with E-state index < -0.39 is 0 Å². The van der Waals surface area contributed by atoms with Gasteiger partial charge < -0.3 is 14.6 Å². The van der Waals surface area contributed by atoms with Crippen molar-refractivity contribution in [1.29, 1.82) is 0 Å². The van der Waals surface area contributed by atoms with Gasteiger partial charge in [0, 0.05) is 20.6 Å². The molecule has 0 fully saturated rings. The molecule has 1 rings (SSSR count). The van der Waals surface area contributed by atoms with E-state index in [1.54, 1.807) is 6.26 Å². The van der Waals surface area contributed by atoms with Gasteiger partial charge in [-0.1, -0.05) is 13.8 Å². The lowest BCUT2D eigenvalue weighted by atomic mass is 10.2. The molecule has 1 aromatic heterocycles. The van der Waals surface area contributed by atoms with Gasteiger partial charge in [0.1, 0.15) is 6.26 Å². The van der Waals surface area contributed by atoms with Gasteiger partial charge in [0.05, 0.1) is 5.69 Å². The fraction of sp³-hybridized carbons (Fsp3) is 0.700. The zero-order valence-electron chi connectivity index (χ0n) is 9.37. The normalized spacial score (nSPS) is 10.9. The first-order chi connectivity index (χ1) is 6.59. The van der Waals surface area contributed by atoms with Crippen LogP contribution in [0.2, 0.25) is 0 Å². The molecule has 1 heterocycles. The van der Waals surface area contributed by atoms with Crippen LogP contribution in [-0.2, 0) is 6.54 Å². The van der Waals surface area contributed by atoms with Gasteiger partial charge in [-0.2, -0.15) is 4.98 Å². The van der Waals surface area contributed by atoms with Gasteiger partial charge in [0.25, 0.3) is 6.01 Å². The molecule has 0 aliphatic carbocycles. The van der Waals surface area contributed by atoms with E-state index in [2.05, 4.69) is 24.1 Å². The highest BCUT2D eigenvalue weighted by atomic mass is 16.4. The summed E-state index contributed by atoms with van der Waals surface area (Å²) < 4.78 is 5.26. The predicted molar refractivity (Wildman–Crippen MR) is 57.4 cm³/mol. The summed E-state index contributed by atoms with van der Waals surface area (Å²) in [5, 5.41) is 3.31. The summed E-state index contributed by atoms with van der Waals surface area (Å²) in [7, 11) is 3.83. The fourth-order valence-electron chi connectivity index (χ4n) is 1.07. The van der Waals surface area contributed by atoms with Crippen LogP contribution in [0.25, 0.3) is 0 Å². The summed E-state index contributed by atoms with van der Waals surface area (Å²) in [6.07, 6.45) is 1.70. The molecular weight excluding hydrogens is 178 g/mol. The van der Waals surface area contributed by atoms with Gasteiger partial charge in [-0.25, -0.2) is 0 Å². The van der Waals surface area contributed by atoms with E-state index in [0.29, 0.717) is 11.9 Å². The number of nitrogens with zero attached hydrogens (tertiary/aromatic N) is 2. The van der Waals surface area contributed by atoms with Crippen molar-refractivity contribution in [3.05, 3.63) is 12.0 Å². The summed E-state index contributed by atoms with van der Waals surface area (Å²) in [6, 6.07) is 0.659. The summed E-state index contributed by atoms with van der Waals surface area (Å²) >= 11 is 0. The quantitative estimate of drug-likeness (QED) is 0.776. The molecule has 0 amide bonds. The first-order valence-electron chi connectivity index (χ1n) is 4.92. The molecule has 14 heavy (non-hydrogen) atoms. The van der Waals surface area contributed by atoms with Crippen LogP contribution in [0.15, 0.2) is 10.7 Å². The van der Waals surface area contributed by atoms with Crippen molar-refractivity contribution in [3.63, 3.8) is 0 Å². The summed E-state index contributed by atoms with van der Waals surface area (Å²) in [5.74, 6) is 0.662. The first kappa shape index (κ1) is 11.0. The monoisotopic (exact) mass is 197 g/mol. The van der Waals surface area contributed by atoms with Crippen molar-refractivity contribution in [2.75, 3.05) is 25.5 Å². The fourth-order valence-corrected chi connectivity index (χ4v) is 1.07. The zero-order chi connectivity index (χ0) is 10.6. The Kier molecular flexibility index (Phi) is 3.95. The summed E-state index contributed by atoms with van der Waals surface area (Å²) in [4.78, 5) is 6.16. The minimum Gasteiger partial charge on any atom is -0.432 e. The number of nitrogens with one attached hydrogen (secondary N) is 1. The van der Waals surface area contributed by atoms with Crippen LogP contribution in [0.4, 0.5) is 6.01 Å². The highest BCUT2D eigenvalue weighted by Crippen LogP contribution is 2.09. The maximum atomic E-state index is 5.26. The Labute approximate surface area is 85.3 Å². The maximum absolute atomic E-state index is 5.26. The van der Waals surface area contributed by atoms with Crippen molar-refractivity contribution in [2.24, 2.45) is 5.92 Å². The smallest absolute Gasteiger partial charge is 0.296 e. The molecule has 0 aromatic carbocycles. The van der Waals surface area contributed by atoms with Gasteiger partial charge in [-0.15, -0.1) is 0 Å². The van der Waals surface area contributed by atoms with Crippen molar-refractivity contribution in [1.82, 2.24) is 10.3 Å². The number of anilines is 1. The first-order valence-corrected chi connectivity index (χ1v) is 4.92. The SMILES string of the molecule is CC(C)CNCc1coc(N(C)C)n1. The van der Waals surface area contributed by atoms with Gasteiger partial charge in [0.2, 0.25) is 0 Å². The second kappa shape index (κ2) is 5.00. The molecule has 4 nitrogen and oxygen atoms in total. The Morgan fingerprint density at radius 1 is 1.50 bits per heavy atom. The van der Waals surface area contributed by atoms with Gasteiger partial charge in [0.15, 0.2) is 0 Å². The minimum atomic E-state index is 0.659. The van der Waals surface area contributed by atoms with Crippen LogP contribution in [0.3, 0.4) is 0 Å². The Morgan fingerprint density at radius 3 is 2.71 bits per heavy atom. The molecule has 0 saturated carbocycles. The van der Waals surface area contributed by atoms with Crippen molar-refractivity contribution in [2.45, 2.75) is 20.4 Å². The molecule has 0 unspecified atom stereocenters. The molecule has 0 saturated heterocycles. The van der Waals surface area contributed by atoms with Crippen LogP contribution in [0.5, 0.6) is 0 Å². The topological polar surface area (TPSA) is 41.3 Å². The van der Waals surface area contributed by atoms with Gasteiger partial charge in [-0.3, -0.25) is 0 Å². The van der Waals surface area contributed by atoms with Crippen LogP contribution < -0.4 is 10.2 Å². The number of oxazole rings is 1. The van der Waals surface area contributed by atoms with Crippen LogP contribution in [0.1, 0.15) is 19.5 Å². The van der Waals surface area contributed by atoms with E-state index in [9.17, 15) is 0 Å². The molecule has 0 radical (unpaired) electrons. The lowest BCUT2D eigenvalue weighted by Gasteiger charge is -2.05. The molecule has 4 heteroatoms. The predicted octanol–water partition coefficient (Wildman–Crippen LogP) is 1.49. The molecule has 0 aliphatic rings. The highest BCUT2D eigenvalue weighted by Gasteiger charge is 2.04. The highest BCUT2D eigenvalue weighted by molar-refractivity contribution is 5.23. The van der Waals surface area contributed by atoms with E-state index >= 15 is 0 Å². The van der Waals surface area contributed by atoms with Crippen LogP contribution in [0, 0.1) is 5.92 Å². The molecule has 80 valence electrons. The lowest BCUT2D eigenvalue weighted by molar-refractivity contribution is 0.539. The zero-order valence-corrected chi connectivity index (χ0v) is 9.37. The number of hydrogen-bond donors (Lipinski definition) is 1. The largest absolute Gasteiger partial charge is 0.432 e. The molecule has 0 spiro atoms. The minimum absolute atomic E-state index is 0.659. The summed E-state index contributed by atoms with van der Waals surface area (Å²) in [6.45, 7) is 6.14. The average molecular weight is 197 g/mol. The molecule has 1 N–H and O–H groups in total. The Balaban J connectivity index is 2.36. The van der Waals surface area contributed by atoms with E-state index in [0.717, 1.165) is 18.8 Å². The Hall–Kier alpha value is -1.03. The molecule has 0 aliphatic heterocycles. The van der Waals surface area contributed by atoms with Gasteiger partial charge >= 0.3 is 0 Å². The third kappa shape index (κ3) is 3.38. The molecule has 0 atom stereocenters. The van der Waals surface area contributed by atoms with Crippen molar-refractivity contribution in [3.8, 4) is 0 Å². The Bertz CT molecular complexity index is 268. The maximum Gasteiger partial charge on any atom is 0.296 e. The average Bonchev–Trinajstić information content (AvgIpc) is 2.52. The second-order valence-electron chi connectivity index (χ2n) is 4.04. The molecular formula is C10H19N3O. The van der Waals surface area contributed by atoms with E-state index in [1.165, 1.54) is 0 Å². The third-order valence-electron chi connectivity index (χ3n) is 1.78. The number of rotatable bonds is 5. The van der Waals surface area contributed by atoms with Crippen LogP contribution >= 0.6 is 0 Å². The molecule has 0 bridgehead atoms. The van der Waals surface area contributed by atoms with Crippen molar-refractivity contribution < 1.29 is 4.42 Å². The van der Waals surface area contributed by atoms with E-state index in [-0.39, 0.29) is 0 Å². The molecule has 1 aromatic rings. The third-order valence-corrected chi connectivity index (χ3v) is 1.78. The Morgan fingerprint density at radius 2 is 2.21 bits per heavy atom. The van der Waals surface area contributed by atoms with Crippen LogP contribution in [-0.4, -0.2) is 25.6 Å². The lowest BCUT2D eigenvalue weighted by Crippen LogP contribution is -2.19. The number of hydrogen-bond acceptors (Lipinski definition) is 4.